The van der Waals surface area contributed by atoms with Crippen LogP contribution in [0.1, 0.15) is 46.1 Å². The van der Waals surface area contributed by atoms with Crippen molar-refractivity contribution < 1.29 is 22.8 Å². The van der Waals surface area contributed by atoms with E-state index in [2.05, 4.69) is 75.4 Å². The van der Waals surface area contributed by atoms with Crippen molar-refractivity contribution in [3.63, 3.8) is 0 Å². The number of hydrogen-bond donors (Lipinski definition) is 0. The molecule has 4 rings (SSSR count). The molecule has 0 nitrogen and oxygen atoms in total. The second-order valence-electron chi connectivity index (χ2n) is 6.71. The molecule has 0 spiro atoms. The third-order valence-corrected chi connectivity index (χ3v) is 8.43. The molecule has 0 N–H and O–H groups in total. The van der Waals surface area contributed by atoms with E-state index in [0.29, 0.717) is 3.63 Å². The van der Waals surface area contributed by atoms with Gasteiger partial charge in [-0.2, -0.15) is 0 Å². The zero-order valence-corrected chi connectivity index (χ0v) is 16.4. The van der Waals surface area contributed by atoms with E-state index in [1.54, 1.807) is 14.3 Å². The average Bonchev–Trinajstić information content (AvgIpc) is 3.15. The summed E-state index contributed by atoms with van der Waals surface area (Å²) in [5.41, 5.74) is 10.7. The predicted molar refractivity (Wildman–Crippen MR) is 96.5 cm³/mol. The van der Waals surface area contributed by atoms with Crippen molar-refractivity contribution in [3.8, 4) is 11.1 Å². The van der Waals surface area contributed by atoms with Gasteiger partial charge in [-0.15, -0.1) is 0 Å². The first kappa shape index (κ1) is 15.2. The summed E-state index contributed by atoms with van der Waals surface area (Å²) in [6.45, 7) is 6.94. The molecule has 113 valence electrons. The summed E-state index contributed by atoms with van der Waals surface area (Å²) >= 11 is -0.610. The molecule has 0 radical (unpaired) electrons. The van der Waals surface area contributed by atoms with Crippen molar-refractivity contribution in [1.82, 2.24) is 0 Å². The van der Waals surface area contributed by atoms with Crippen LogP contribution in [0.5, 0.6) is 0 Å². The van der Waals surface area contributed by atoms with Gasteiger partial charge in [-0.3, -0.25) is 0 Å². The fourth-order valence-electron chi connectivity index (χ4n) is 3.91. The number of benzene rings is 2. The maximum absolute atomic E-state index is 2.37. The van der Waals surface area contributed by atoms with Gasteiger partial charge >= 0.3 is 150 Å². The summed E-state index contributed by atoms with van der Waals surface area (Å²) in [6.07, 6.45) is 7.89. The predicted octanol–water partition coefficient (Wildman–Crippen LogP) is 5.70. The molecule has 2 aromatic rings. The molecule has 0 saturated heterocycles. The van der Waals surface area contributed by atoms with Crippen LogP contribution in [0.4, 0.5) is 0 Å². The molecule has 1 unspecified atom stereocenters. The van der Waals surface area contributed by atoms with E-state index in [4.69, 9.17) is 0 Å². The van der Waals surface area contributed by atoms with E-state index in [9.17, 15) is 0 Å². The van der Waals surface area contributed by atoms with Crippen molar-refractivity contribution >= 4 is 8.78 Å². The van der Waals surface area contributed by atoms with Gasteiger partial charge in [-0.1, -0.05) is 0 Å². The molecule has 0 heterocycles. The number of hydrogen-bond acceptors (Lipinski definition) is 0. The molecule has 23 heavy (non-hydrogen) atoms. The second-order valence-corrected chi connectivity index (χ2v) is 11.3. The van der Waals surface area contributed by atoms with Gasteiger partial charge < -0.3 is 0 Å². The molecule has 0 amide bonds. The zero-order chi connectivity index (χ0) is 16.0. The van der Waals surface area contributed by atoms with E-state index in [1.807, 2.05) is 0 Å². The molecule has 2 aliphatic rings. The van der Waals surface area contributed by atoms with Crippen molar-refractivity contribution in [3.05, 3.63) is 76.9 Å². The third-order valence-electron chi connectivity index (χ3n) is 4.83. The van der Waals surface area contributed by atoms with Crippen LogP contribution in [0.25, 0.3) is 16.7 Å². The minimum absolute atomic E-state index is 0.610. The normalized spacial score (nSPS) is 17.5. The Bertz CT molecular complexity index is 877. The minimum atomic E-state index is -0.610. The molecule has 0 aliphatic heterocycles. The Balaban J connectivity index is 2.03. The van der Waals surface area contributed by atoms with Gasteiger partial charge in [0.25, 0.3) is 0 Å². The van der Waals surface area contributed by atoms with Crippen LogP contribution in [0.3, 0.4) is 0 Å². The van der Waals surface area contributed by atoms with Crippen LogP contribution >= 0.6 is 0 Å². The van der Waals surface area contributed by atoms with Crippen molar-refractivity contribution in [2.24, 2.45) is 0 Å². The van der Waals surface area contributed by atoms with Crippen LogP contribution in [0.2, 0.25) is 0 Å². The van der Waals surface area contributed by atoms with Crippen molar-refractivity contribution in [2.45, 2.75) is 30.8 Å². The molecule has 0 aromatic heterocycles. The first-order valence-corrected chi connectivity index (χ1v) is 11.0. The first-order chi connectivity index (χ1) is 11.2. The van der Waals surface area contributed by atoms with Gasteiger partial charge in [0.2, 0.25) is 0 Å². The molecule has 0 fully saturated rings. The summed E-state index contributed by atoms with van der Waals surface area (Å²) < 4.78 is 2.35. The van der Waals surface area contributed by atoms with Crippen molar-refractivity contribution in [2.75, 3.05) is 0 Å². The van der Waals surface area contributed by atoms with Crippen LogP contribution in [0, 0.1) is 6.92 Å². The zero-order valence-electron chi connectivity index (χ0n) is 14.0. The SMILES string of the molecule is C[C](C)=[Zr][CH]1c2ccccc2-c2ccc(C)c(C3=CC=CC3)c21. The van der Waals surface area contributed by atoms with Crippen LogP contribution in [0.15, 0.2) is 54.6 Å². The number of aryl methyl sites for hydroxylation is 1. The standard InChI is InChI=1S/C19H15.C3H6.Zr/c1-13-10-11-17-16-9-5-4-8-15(16)12-18(17)19(13)14-6-2-3-7-14;1-3-2;/h2-6,8-12H,7H2,1H3;1-2H3;. The summed E-state index contributed by atoms with van der Waals surface area (Å²) in [5, 5.41) is 0. The Labute approximate surface area is 150 Å². The first-order valence-electron chi connectivity index (χ1n) is 8.32. The molecular weight excluding hydrogens is 355 g/mol. The van der Waals surface area contributed by atoms with E-state index >= 15 is 0 Å². The van der Waals surface area contributed by atoms with Gasteiger partial charge in [0.1, 0.15) is 0 Å². The van der Waals surface area contributed by atoms with Gasteiger partial charge in [0.05, 0.1) is 0 Å². The number of fused-ring (bicyclic) bond motifs is 3. The number of allylic oxidation sites excluding steroid dienone is 4. The topological polar surface area (TPSA) is 0 Å². The fraction of sp³-hybridized carbons (Fsp3) is 0.227. The van der Waals surface area contributed by atoms with Gasteiger partial charge in [-0.05, 0) is 0 Å². The van der Waals surface area contributed by atoms with E-state index < -0.39 is 22.8 Å². The van der Waals surface area contributed by atoms with Gasteiger partial charge in [0.15, 0.2) is 0 Å². The average molecular weight is 377 g/mol. The molecule has 2 aromatic carbocycles. The molecule has 1 heteroatoms. The Morgan fingerprint density at radius 3 is 2.61 bits per heavy atom. The monoisotopic (exact) mass is 375 g/mol. The number of rotatable bonds is 2. The molecule has 1 atom stereocenters. The van der Waals surface area contributed by atoms with Crippen LogP contribution in [-0.2, 0) is 22.8 Å². The van der Waals surface area contributed by atoms with Crippen LogP contribution in [-0.4, -0.2) is 3.21 Å². The Morgan fingerprint density at radius 1 is 1.04 bits per heavy atom. The summed E-state index contributed by atoms with van der Waals surface area (Å²) in [7, 11) is 0. The van der Waals surface area contributed by atoms with Crippen molar-refractivity contribution in [1.29, 1.82) is 0 Å². The third kappa shape index (κ3) is 2.50. The Hall–Kier alpha value is -1.33. The molecule has 0 saturated carbocycles. The molecular formula is C22H21Zr. The Morgan fingerprint density at radius 2 is 1.87 bits per heavy atom. The summed E-state index contributed by atoms with van der Waals surface area (Å²) in [4.78, 5) is 0. The van der Waals surface area contributed by atoms with Gasteiger partial charge in [-0.25, -0.2) is 0 Å². The maximum atomic E-state index is 2.37. The summed E-state index contributed by atoms with van der Waals surface area (Å²) in [5.74, 6) is 0. The molecule has 0 bridgehead atoms. The van der Waals surface area contributed by atoms with Crippen LogP contribution < -0.4 is 0 Å². The second kappa shape index (κ2) is 5.95. The van der Waals surface area contributed by atoms with E-state index in [-0.39, 0.29) is 0 Å². The molecule has 2 aliphatic carbocycles. The quantitative estimate of drug-likeness (QED) is 0.630. The fourth-order valence-corrected chi connectivity index (χ4v) is 7.42. The van der Waals surface area contributed by atoms with E-state index in [0.717, 1.165) is 6.42 Å². The van der Waals surface area contributed by atoms with Gasteiger partial charge in [0, 0.05) is 0 Å². The Kier molecular flexibility index (Phi) is 3.94. The van der Waals surface area contributed by atoms with E-state index in [1.165, 1.54) is 27.8 Å². The summed E-state index contributed by atoms with van der Waals surface area (Å²) in [6, 6.07) is 13.8.